The van der Waals surface area contributed by atoms with E-state index in [-0.39, 0.29) is 0 Å². The highest BCUT2D eigenvalue weighted by atomic mass is 35.5. The van der Waals surface area contributed by atoms with Gasteiger partial charge in [0.2, 0.25) is 0 Å². The fourth-order valence-corrected chi connectivity index (χ4v) is 4.26. The molecule has 0 spiro atoms. The first-order valence-corrected chi connectivity index (χ1v) is 9.56. The van der Waals surface area contributed by atoms with Gasteiger partial charge in [0, 0.05) is 10.6 Å². The largest absolute Gasteiger partial charge is 0.497 e. The summed E-state index contributed by atoms with van der Waals surface area (Å²) in [5, 5.41) is 9.12. The molecule has 0 bridgehead atoms. The Labute approximate surface area is 158 Å². The Kier molecular flexibility index (Phi) is 4.81. The van der Waals surface area contributed by atoms with Gasteiger partial charge in [-0.05, 0) is 54.7 Å². The van der Waals surface area contributed by atoms with Gasteiger partial charge in [-0.15, -0.1) is 5.10 Å². The summed E-state index contributed by atoms with van der Waals surface area (Å²) in [6.07, 6.45) is 8.20. The number of hydrogen-bond acceptors (Lipinski definition) is 4. The number of fused-ring (bicyclic) bond motifs is 1. The lowest BCUT2D eigenvalue weighted by atomic mass is 9.78. The van der Waals surface area contributed by atoms with Gasteiger partial charge in [0.1, 0.15) is 5.75 Å². The fourth-order valence-electron chi connectivity index (χ4n) is 4.01. The van der Waals surface area contributed by atoms with E-state index in [1.54, 1.807) is 13.4 Å². The Bertz CT molecular complexity index is 906. The molecule has 1 fully saturated rings. The molecule has 1 saturated carbocycles. The second kappa shape index (κ2) is 7.23. The molecule has 5 nitrogen and oxygen atoms in total. The van der Waals surface area contributed by atoms with E-state index in [1.165, 1.54) is 24.0 Å². The van der Waals surface area contributed by atoms with Gasteiger partial charge in [-0.3, -0.25) is 0 Å². The Morgan fingerprint density at radius 3 is 2.88 bits per heavy atom. The van der Waals surface area contributed by atoms with E-state index in [0.717, 1.165) is 29.1 Å². The molecule has 1 aromatic carbocycles. The van der Waals surface area contributed by atoms with E-state index in [2.05, 4.69) is 33.2 Å². The molecule has 2 aromatic heterocycles. The third-order valence-electron chi connectivity index (χ3n) is 5.52. The van der Waals surface area contributed by atoms with Crippen LogP contribution in [0.25, 0.3) is 11.2 Å². The molecule has 0 aliphatic heterocycles. The molecule has 6 heteroatoms. The third-order valence-corrected chi connectivity index (χ3v) is 5.87. The molecule has 1 N–H and O–H groups in total. The van der Waals surface area contributed by atoms with E-state index >= 15 is 0 Å². The molecule has 2 heterocycles. The van der Waals surface area contributed by atoms with Crippen LogP contribution in [0.5, 0.6) is 5.75 Å². The number of nitrogens with one attached hydrogen (secondary N) is 1. The van der Waals surface area contributed by atoms with Crippen LogP contribution in [-0.4, -0.2) is 27.3 Å². The first-order valence-electron chi connectivity index (χ1n) is 9.18. The number of imidazole rings is 1. The van der Waals surface area contributed by atoms with Crippen LogP contribution in [0.3, 0.4) is 0 Å². The van der Waals surface area contributed by atoms with Gasteiger partial charge in [0.05, 0.1) is 25.2 Å². The molecule has 4 rings (SSSR count). The van der Waals surface area contributed by atoms with Gasteiger partial charge in [-0.1, -0.05) is 31.0 Å². The molecule has 1 aliphatic carbocycles. The molecule has 0 saturated heterocycles. The number of H-pyrrole nitrogens is 1. The summed E-state index contributed by atoms with van der Waals surface area (Å²) in [6.45, 7) is 2.26. The van der Waals surface area contributed by atoms with Crippen molar-refractivity contribution in [1.29, 1.82) is 0 Å². The van der Waals surface area contributed by atoms with Crippen LogP contribution in [0, 0.1) is 11.8 Å². The van der Waals surface area contributed by atoms with Crippen LogP contribution in [-0.2, 0) is 6.42 Å². The topological polar surface area (TPSA) is 63.7 Å². The summed E-state index contributed by atoms with van der Waals surface area (Å²) in [6, 6.07) is 5.97. The molecule has 136 valence electrons. The van der Waals surface area contributed by atoms with E-state index in [1.807, 2.05) is 18.3 Å². The number of nitrogens with zero attached hydrogens (tertiary/aromatic N) is 3. The third kappa shape index (κ3) is 3.28. The maximum atomic E-state index is 6.51. The van der Waals surface area contributed by atoms with Crippen molar-refractivity contribution in [3.63, 3.8) is 0 Å². The quantitative estimate of drug-likeness (QED) is 0.650. The minimum absolute atomic E-state index is 0.441. The predicted octanol–water partition coefficient (Wildman–Crippen LogP) is 4.78. The predicted molar refractivity (Wildman–Crippen MR) is 103 cm³/mol. The van der Waals surface area contributed by atoms with Crippen molar-refractivity contribution in [1.82, 2.24) is 20.2 Å². The smallest absolute Gasteiger partial charge is 0.199 e. The van der Waals surface area contributed by atoms with Gasteiger partial charge in [0.25, 0.3) is 0 Å². The summed E-state index contributed by atoms with van der Waals surface area (Å²) >= 11 is 6.51. The van der Waals surface area contributed by atoms with Gasteiger partial charge in [-0.2, -0.15) is 5.10 Å². The van der Waals surface area contributed by atoms with Crippen molar-refractivity contribution in [2.24, 2.45) is 11.8 Å². The molecular formula is C20H23ClN4O. The highest BCUT2D eigenvalue weighted by molar-refractivity contribution is 6.31. The average molecular weight is 371 g/mol. The number of benzene rings is 1. The Morgan fingerprint density at radius 1 is 1.35 bits per heavy atom. The standard InChI is InChI=1S/C20H23ClN4O/c1-3-12(8-14-6-7-15(26-2)9-17(14)21)18(13-4-5-13)16-10-24-25-20-19(16)22-11-23-20/h6-7,9-13,18H,3-5,8H2,1-2H3,(H,22,23,25). The lowest BCUT2D eigenvalue weighted by Crippen LogP contribution is -2.18. The SMILES string of the molecule is CCC(Cc1ccc(OC)cc1Cl)C(c1cnnc2nc[nH]c12)C1CC1. The number of aromatic amines is 1. The van der Waals surface area contributed by atoms with Gasteiger partial charge < -0.3 is 9.72 Å². The molecular weight excluding hydrogens is 348 g/mol. The van der Waals surface area contributed by atoms with E-state index in [0.29, 0.717) is 23.4 Å². The summed E-state index contributed by atoms with van der Waals surface area (Å²) in [4.78, 5) is 7.54. The number of rotatable bonds is 7. The lowest BCUT2D eigenvalue weighted by Gasteiger charge is -2.27. The van der Waals surface area contributed by atoms with Crippen LogP contribution >= 0.6 is 11.6 Å². The van der Waals surface area contributed by atoms with E-state index in [9.17, 15) is 0 Å². The molecule has 2 atom stereocenters. The number of methoxy groups -OCH3 is 1. The van der Waals surface area contributed by atoms with Crippen LogP contribution in [0.15, 0.2) is 30.7 Å². The Hall–Kier alpha value is -2.14. The summed E-state index contributed by atoms with van der Waals surface area (Å²) in [5.74, 6) is 2.43. The number of ether oxygens (including phenoxy) is 1. The Balaban J connectivity index is 1.68. The van der Waals surface area contributed by atoms with Crippen molar-refractivity contribution < 1.29 is 4.74 Å². The minimum atomic E-state index is 0.441. The highest BCUT2D eigenvalue weighted by Crippen LogP contribution is 2.49. The highest BCUT2D eigenvalue weighted by Gasteiger charge is 2.38. The average Bonchev–Trinajstić information content (AvgIpc) is 3.37. The maximum Gasteiger partial charge on any atom is 0.199 e. The second-order valence-electron chi connectivity index (χ2n) is 7.09. The normalized spacial score (nSPS) is 16.6. The molecule has 3 aromatic rings. The molecule has 26 heavy (non-hydrogen) atoms. The van der Waals surface area contributed by atoms with Crippen molar-refractivity contribution in [2.45, 2.75) is 38.5 Å². The first kappa shape index (κ1) is 17.3. The second-order valence-corrected chi connectivity index (χ2v) is 7.50. The van der Waals surface area contributed by atoms with Crippen LogP contribution in [0.2, 0.25) is 5.02 Å². The molecule has 0 amide bonds. The van der Waals surface area contributed by atoms with Crippen molar-refractivity contribution in [3.8, 4) is 5.75 Å². The van der Waals surface area contributed by atoms with Crippen LogP contribution < -0.4 is 4.74 Å². The summed E-state index contributed by atoms with van der Waals surface area (Å²) < 4.78 is 5.27. The fraction of sp³-hybridized carbons (Fsp3) is 0.450. The molecule has 2 unspecified atom stereocenters. The zero-order chi connectivity index (χ0) is 18.1. The number of aromatic nitrogens is 4. The van der Waals surface area contributed by atoms with Crippen molar-refractivity contribution >= 4 is 22.8 Å². The first-order chi connectivity index (χ1) is 12.7. The van der Waals surface area contributed by atoms with Gasteiger partial charge in [-0.25, -0.2) is 4.98 Å². The number of halogens is 1. The van der Waals surface area contributed by atoms with Gasteiger partial charge in [0.15, 0.2) is 5.65 Å². The lowest BCUT2D eigenvalue weighted by molar-refractivity contribution is 0.373. The van der Waals surface area contributed by atoms with E-state index in [4.69, 9.17) is 16.3 Å². The summed E-state index contributed by atoms with van der Waals surface area (Å²) in [5.41, 5.74) is 4.14. The van der Waals surface area contributed by atoms with E-state index < -0.39 is 0 Å². The monoisotopic (exact) mass is 370 g/mol. The van der Waals surface area contributed by atoms with Crippen molar-refractivity contribution in [2.75, 3.05) is 7.11 Å². The molecule has 1 aliphatic rings. The summed E-state index contributed by atoms with van der Waals surface area (Å²) in [7, 11) is 1.66. The zero-order valence-electron chi connectivity index (χ0n) is 15.1. The number of hydrogen-bond donors (Lipinski definition) is 1. The zero-order valence-corrected chi connectivity index (χ0v) is 15.8. The molecule has 0 radical (unpaired) electrons. The Morgan fingerprint density at radius 2 is 2.19 bits per heavy atom. The van der Waals surface area contributed by atoms with Crippen LogP contribution in [0.4, 0.5) is 0 Å². The maximum absolute atomic E-state index is 6.51. The minimum Gasteiger partial charge on any atom is -0.497 e. The van der Waals surface area contributed by atoms with Crippen LogP contribution in [0.1, 0.15) is 43.2 Å². The van der Waals surface area contributed by atoms with Crippen molar-refractivity contribution in [3.05, 3.63) is 46.9 Å². The van der Waals surface area contributed by atoms with Gasteiger partial charge >= 0.3 is 0 Å².